The summed E-state index contributed by atoms with van der Waals surface area (Å²) in [5.41, 5.74) is -1.62. The van der Waals surface area contributed by atoms with Crippen LogP contribution in [-0.2, 0) is 71.5 Å². The zero-order valence-electron chi connectivity index (χ0n) is 48.3. The Morgan fingerprint density at radius 3 is 0.913 bits per heavy atom. The van der Waals surface area contributed by atoms with Crippen molar-refractivity contribution in [3.63, 3.8) is 0 Å². The number of hydrogen-bond acceptors (Lipinski definition) is 17. The van der Waals surface area contributed by atoms with Crippen LogP contribution in [-0.4, -0.2) is 107 Å². The summed E-state index contributed by atoms with van der Waals surface area (Å²) in [7, 11) is -32.0. The molecule has 8 rings (SSSR count). The van der Waals surface area contributed by atoms with Gasteiger partial charge in [-0.15, -0.1) is 0 Å². The zero-order chi connectivity index (χ0) is 68.4. The molecule has 0 aliphatic carbocycles. The second-order valence-electron chi connectivity index (χ2n) is 22.3. The third-order valence-electron chi connectivity index (χ3n) is 13.7. The lowest BCUT2D eigenvalue weighted by Crippen LogP contribution is -2.22. The maximum Gasteiger partial charge on any atom is 0.323 e. The van der Waals surface area contributed by atoms with Crippen molar-refractivity contribution >= 4 is 146 Å². The largest absolute Gasteiger partial charge is 0.323 e. The predicted octanol–water partition coefficient (Wildman–Crippen LogP) is 8.72. The van der Waals surface area contributed by atoms with E-state index >= 15 is 0 Å². The molecule has 0 fully saturated rings. The van der Waals surface area contributed by atoms with Crippen molar-refractivity contribution in [1.29, 1.82) is 0 Å². The molecule has 0 aliphatic heterocycles. The van der Waals surface area contributed by atoms with Gasteiger partial charge in [0, 0.05) is 66.5 Å². The number of rotatable bonds is 16. The minimum atomic E-state index is -5.47. The van der Waals surface area contributed by atoms with Crippen molar-refractivity contribution in [3.8, 4) is 0 Å². The summed E-state index contributed by atoms with van der Waals surface area (Å²) in [5.74, 6) is -3.56. The van der Waals surface area contributed by atoms with Crippen LogP contribution in [0.15, 0.2) is 163 Å². The van der Waals surface area contributed by atoms with E-state index in [9.17, 15) is 102 Å². The summed E-state index contributed by atoms with van der Waals surface area (Å²) in [6.45, 7) is 10.7. The van der Waals surface area contributed by atoms with Crippen molar-refractivity contribution in [3.05, 3.63) is 167 Å². The van der Waals surface area contributed by atoms with E-state index in [4.69, 9.17) is 0 Å². The highest BCUT2D eigenvalue weighted by Crippen LogP contribution is 2.40. The molecule has 0 radical (unpaired) electrons. The molecule has 0 saturated carbocycles. The van der Waals surface area contributed by atoms with E-state index in [0.29, 0.717) is 47.5 Å². The van der Waals surface area contributed by atoms with Gasteiger partial charge >= 0.3 is 6.03 Å². The third kappa shape index (κ3) is 15.4. The first-order chi connectivity index (χ1) is 42.2. The summed E-state index contributed by atoms with van der Waals surface area (Å²) in [5, 5.41) is 12.1. The number of amides is 6. The van der Waals surface area contributed by atoms with E-state index in [-0.39, 0.29) is 45.0 Å². The molecule has 6 amide bonds. The third-order valence-corrected chi connectivity index (χ3v) is 18.9. The minimum Gasteiger partial charge on any atom is -0.322 e. The Labute approximate surface area is 525 Å². The standard InChI is InChI=1S/C57H52N6O23S6/c1-56(2,3)39-15-13-31(53(66)60-41-17-19-45(89(75,76)77)37-25-35(87(69,70)71)27-47(49(37)41)91(81,82)83)23-43(39)62-51(64)29-9-7-11-33(21-29)58-55(68)59-34-12-8-10-30(22-34)52(65)63-44-24-32(14-16-40(44)57(4,5)6)54(67)61-42-18-20-46(90(78,79)80)38-26-36(88(72,73)74)28-48(50(38)42)92(84,85)86/h7-28H,1-6H3,(H,60,66)(H,61,67)(H,62,64)(H,63,65)(H2,58,59,68)(H,69,70,71)(H,72,73,74)(H,75,76,77)(H,78,79,80)(H,81,82,83)(H,84,85,86). The number of hydrogen-bond donors (Lipinski definition) is 12. The van der Waals surface area contributed by atoms with Crippen LogP contribution in [0.1, 0.15) is 94.1 Å². The van der Waals surface area contributed by atoms with Gasteiger partial charge in [0.1, 0.15) is 19.6 Å². The van der Waals surface area contributed by atoms with Crippen molar-refractivity contribution in [1.82, 2.24) is 0 Å². The quantitative estimate of drug-likeness (QED) is 0.0402. The lowest BCUT2D eigenvalue weighted by atomic mass is 9.85. The van der Waals surface area contributed by atoms with Gasteiger partial charge in [0.05, 0.1) is 21.2 Å². The molecular formula is C57H52N6O23S6. The average molecular weight is 1380 g/mol. The Morgan fingerprint density at radius 1 is 0.315 bits per heavy atom. The van der Waals surface area contributed by atoms with Gasteiger partial charge < -0.3 is 31.9 Å². The van der Waals surface area contributed by atoms with Crippen LogP contribution in [0.2, 0.25) is 0 Å². The molecule has 0 atom stereocenters. The topological polar surface area (TPSA) is 484 Å². The Morgan fingerprint density at radius 2 is 0.620 bits per heavy atom. The van der Waals surface area contributed by atoms with Crippen LogP contribution >= 0.6 is 0 Å². The number of fused-ring (bicyclic) bond motifs is 2. The highest BCUT2D eigenvalue weighted by molar-refractivity contribution is 7.88. The Balaban J connectivity index is 1.000. The monoisotopic (exact) mass is 1380 g/mol. The van der Waals surface area contributed by atoms with E-state index in [1.54, 1.807) is 41.5 Å². The molecule has 0 unspecified atom stereocenters. The molecule has 35 heteroatoms. The van der Waals surface area contributed by atoms with Crippen LogP contribution in [0, 0.1) is 0 Å². The van der Waals surface area contributed by atoms with Gasteiger partial charge in [-0.05, 0) is 131 Å². The Kier molecular flexibility index (Phi) is 18.3. The Hall–Kier alpha value is -9.11. The van der Waals surface area contributed by atoms with E-state index < -0.39 is 163 Å². The van der Waals surface area contributed by atoms with E-state index in [1.165, 1.54) is 84.9 Å². The number of carbonyl (C=O) groups excluding carboxylic acids is 5. The van der Waals surface area contributed by atoms with Gasteiger partial charge in [-0.25, -0.2) is 4.79 Å². The number of nitrogens with one attached hydrogen (secondary N) is 6. The molecular weight excluding hydrogens is 1330 g/mol. The number of urea groups is 1. The number of anilines is 6. The van der Waals surface area contributed by atoms with Gasteiger partial charge in [-0.1, -0.05) is 65.8 Å². The minimum absolute atomic E-state index is 0.0225. The molecule has 29 nitrogen and oxygen atoms in total. The van der Waals surface area contributed by atoms with Crippen LogP contribution in [0.4, 0.5) is 38.9 Å². The second kappa shape index (κ2) is 24.5. The average Bonchev–Trinajstić information content (AvgIpc) is 0.752. The zero-order valence-corrected chi connectivity index (χ0v) is 53.2. The molecule has 0 spiro atoms. The molecule has 484 valence electrons. The molecule has 0 bridgehead atoms. The van der Waals surface area contributed by atoms with Gasteiger partial charge in [0.15, 0.2) is 0 Å². The summed E-state index contributed by atoms with van der Waals surface area (Å²) in [4.78, 5) is 62.3. The van der Waals surface area contributed by atoms with Gasteiger partial charge in [0.2, 0.25) is 0 Å². The molecule has 0 heterocycles. The van der Waals surface area contributed by atoms with Gasteiger partial charge in [0.25, 0.3) is 84.3 Å². The van der Waals surface area contributed by atoms with Crippen molar-refractivity contribution in [2.24, 2.45) is 0 Å². The van der Waals surface area contributed by atoms with E-state index in [0.717, 1.165) is 12.1 Å². The van der Waals surface area contributed by atoms with E-state index in [2.05, 4.69) is 31.9 Å². The fourth-order valence-electron chi connectivity index (χ4n) is 9.59. The maximum absolute atomic E-state index is 14.0. The smallest absolute Gasteiger partial charge is 0.322 e. The molecule has 0 aliphatic rings. The van der Waals surface area contributed by atoms with Gasteiger partial charge in [-0.3, -0.25) is 46.5 Å². The summed E-state index contributed by atoms with van der Waals surface area (Å²) >= 11 is 0. The molecule has 12 N–H and O–H groups in total. The molecule has 8 aromatic carbocycles. The molecule has 0 saturated heterocycles. The molecule has 8 aromatic rings. The first-order valence-corrected chi connectivity index (χ1v) is 34.7. The van der Waals surface area contributed by atoms with Crippen LogP contribution in [0.3, 0.4) is 0 Å². The Bertz CT molecular complexity index is 4920. The number of benzene rings is 8. The normalized spacial score (nSPS) is 12.7. The van der Waals surface area contributed by atoms with Crippen LogP contribution < -0.4 is 31.9 Å². The fraction of sp³-hybridized carbons (Fsp3) is 0.140. The molecule has 0 aromatic heterocycles. The highest BCUT2D eigenvalue weighted by atomic mass is 32.2. The fourth-order valence-corrected chi connectivity index (χ4v) is 13.7. The second-order valence-corrected chi connectivity index (χ2v) is 30.7. The first-order valence-electron chi connectivity index (χ1n) is 26.1. The van der Waals surface area contributed by atoms with E-state index in [1.807, 2.05) is 0 Å². The lowest BCUT2D eigenvalue weighted by Gasteiger charge is -2.24. The van der Waals surface area contributed by atoms with Crippen molar-refractivity contribution in [2.45, 2.75) is 81.7 Å². The summed E-state index contributed by atoms with van der Waals surface area (Å²) in [6.07, 6.45) is 0. The summed E-state index contributed by atoms with van der Waals surface area (Å²) in [6, 6.07) is 23.1. The summed E-state index contributed by atoms with van der Waals surface area (Å²) < 4.78 is 208. The van der Waals surface area contributed by atoms with Crippen LogP contribution in [0.5, 0.6) is 0 Å². The SMILES string of the molecule is CC(C)(C)c1ccc(C(=O)Nc2ccc(S(=O)(=O)O)c3cc(S(=O)(=O)O)cc(S(=O)(=O)O)c23)cc1NC(=O)c1cccc(NC(=O)Nc2cccc(C(=O)Nc3cc(C(=O)Nc4ccc(S(=O)(=O)O)c5cc(S(=O)(=O)O)cc(S(=O)(=O)O)c45)ccc3C(C)(C)C)c2)c1. The highest BCUT2D eigenvalue weighted by Gasteiger charge is 2.31. The van der Waals surface area contributed by atoms with Crippen LogP contribution in [0.25, 0.3) is 21.5 Å². The predicted molar refractivity (Wildman–Crippen MR) is 334 cm³/mol. The molecule has 92 heavy (non-hydrogen) atoms. The lowest BCUT2D eigenvalue weighted by molar-refractivity contribution is 0.101. The van der Waals surface area contributed by atoms with Crippen molar-refractivity contribution < 1.29 is 102 Å². The van der Waals surface area contributed by atoms with Gasteiger partial charge in [-0.2, -0.15) is 50.5 Å². The van der Waals surface area contributed by atoms with Crippen molar-refractivity contribution in [2.75, 3.05) is 31.9 Å². The first kappa shape index (κ1) is 68.8. The maximum atomic E-state index is 14.0. The number of carbonyl (C=O) groups is 5.